The van der Waals surface area contributed by atoms with Crippen molar-refractivity contribution in [1.29, 1.82) is 5.26 Å². The number of aliphatic hydroxyl groups is 1. The summed E-state index contributed by atoms with van der Waals surface area (Å²) in [5.74, 6) is 0. The van der Waals surface area contributed by atoms with E-state index in [0.29, 0.717) is 13.0 Å². The molecule has 0 spiro atoms. The molecule has 1 atom stereocenters. The average Bonchev–Trinajstić information content (AvgIpc) is 2.89. The summed E-state index contributed by atoms with van der Waals surface area (Å²) < 4.78 is 26.2. The van der Waals surface area contributed by atoms with Crippen molar-refractivity contribution in [3.63, 3.8) is 0 Å². The topological polar surface area (TPSA) is 81.4 Å². The summed E-state index contributed by atoms with van der Waals surface area (Å²) in [4.78, 5) is 0.217. The zero-order valence-corrected chi connectivity index (χ0v) is 11.3. The van der Waals surface area contributed by atoms with Crippen LogP contribution < -0.4 is 0 Å². The van der Waals surface area contributed by atoms with Crippen LogP contribution in [0.15, 0.2) is 29.2 Å². The van der Waals surface area contributed by atoms with Crippen LogP contribution >= 0.6 is 0 Å². The number of nitrogens with zero attached hydrogens (tertiary/aromatic N) is 2. The molecule has 102 valence electrons. The number of aliphatic hydroxyl groups excluding tert-OH is 1. The standard InChI is InChI=1S/C13H16N2O3S/c14-8-7-11-3-5-13(6-4-11)19(17,18)15-9-1-2-12(15)10-16/h3-6,12,16H,1-2,7,9-10H2. The van der Waals surface area contributed by atoms with Crippen LogP contribution in [0.1, 0.15) is 18.4 Å². The molecule has 1 N–H and O–H groups in total. The normalized spacial score (nSPS) is 20.3. The predicted octanol–water partition coefficient (Wildman–Crippen LogP) is 0.898. The van der Waals surface area contributed by atoms with Crippen LogP contribution in [0.3, 0.4) is 0 Å². The van der Waals surface area contributed by atoms with Crippen LogP contribution in [-0.4, -0.2) is 37.0 Å². The molecule has 0 bridgehead atoms. The van der Waals surface area contributed by atoms with Gasteiger partial charge in [0.05, 0.1) is 24.0 Å². The molecule has 19 heavy (non-hydrogen) atoms. The summed E-state index contributed by atoms with van der Waals surface area (Å²) in [5.41, 5.74) is 0.793. The Hall–Kier alpha value is -1.42. The van der Waals surface area contributed by atoms with Crippen LogP contribution in [0.2, 0.25) is 0 Å². The molecule has 1 saturated heterocycles. The predicted molar refractivity (Wildman–Crippen MR) is 69.8 cm³/mol. The van der Waals surface area contributed by atoms with Gasteiger partial charge in [-0.3, -0.25) is 0 Å². The molecule has 0 radical (unpaired) electrons. The third kappa shape index (κ3) is 2.78. The zero-order chi connectivity index (χ0) is 13.9. The monoisotopic (exact) mass is 280 g/mol. The first kappa shape index (κ1) is 14.0. The molecule has 1 aliphatic heterocycles. The van der Waals surface area contributed by atoms with Crippen LogP contribution in [0, 0.1) is 11.3 Å². The number of sulfonamides is 1. The number of rotatable bonds is 4. The molecular weight excluding hydrogens is 264 g/mol. The third-order valence-electron chi connectivity index (χ3n) is 3.35. The van der Waals surface area contributed by atoms with Crippen molar-refractivity contribution in [1.82, 2.24) is 4.31 Å². The van der Waals surface area contributed by atoms with E-state index in [2.05, 4.69) is 0 Å². The van der Waals surface area contributed by atoms with Crippen molar-refractivity contribution in [3.8, 4) is 6.07 Å². The number of hydrogen-bond donors (Lipinski definition) is 1. The Morgan fingerprint density at radius 1 is 1.37 bits per heavy atom. The van der Waals surface area contributed by atoms with E-state index in [1.54, 1.807) is 12.1 Å². The van der Waals surface area contributed by atoms with Crippen molar-refractivity contribution in [2.24, 2.45) is 0 Å². The minimum atomic E-state index is -3.54. The zero-order valence-electron chi connectivity index (χ0n) is 10.5. The van der Waals surface area contributed by atoms with Gasteiger partial charge in [0.1, 0.15) is 0 Å². The largest absolute Gasteiger partial charge is 0.395 e. The van der Waals surface area contributed by atoms with Crippen molar-refractivity contribution in [3.05, 3.63) is 29.8 Å². The van der Waals surface area contributed by atoms with Crippen LogP contribution in [0.5, 0.6) is 0 Å². The van der Waals surface area contributed by atoms with Gasteiger partial charge in [-0.1, -0.05) is 12.1 Å². The van der Waals surface area contributed by atoms with Crippen LogP contribution in [0.25, 0.3) is 0 Å². The lowest BCUT2D eigenvalue weighted by Crippen LogP contribution is -2.37. The lowest BCUT2D eigenvalue weighted by atomic mass is 10.2. The van der Waals surface area contributed by atoms with Gasteiger partial charge in [-0.2, -0.15) is 9.57 Å². The molecule has 1 aromatic rings. The van der Waals surface area contributed by atoms with Crippen molar-refractivity contribution < 1.29 is 13.5 Å². The molecule has 5 nitrogen and oxygen atoms in total. The first-order valence-corrected chi connectivity index (χ1v) is 7.62. The van der Waals surface area contributed by atoms with E-state index >= 15 is 0 Å². The van der Waals surface area contributed by atoms with Gasteiger partial charge in [0.2, 0.25) is 10.0 Å². The maximum Gasteiger partial charge on any atom is 0.243 e. The van der Waals surface area contributed by atoms with Gasteiger partial charge in [-0.25, -0.2) is 8.42 Å². The number of benzene rings is 1. The molecule has 1 unspecified atom stereocenters. The molecule has 0 aliphatic carbocycles. The van der Waals surface area contributed by atoms with Gasteiger partial charge < -0.3 is 5.11 Å². The van der Waals surface area contributed by atoms with Gasteiger partial charge >= 0.3 is 0 Å². The molecular formula is C13H16N2O3S. The lowest BCUT2D eigenvalue weighted by molar-refractivity contribution is 0.213. The Balaban J connectivity index is 2.27. The summed E-state index contributed by atoms with van der Waals surface area (Å²) in [6, 6.07) is 8.06. The molecule has 0 aromatic heterocycles. The second-order valence-corrected chi connectivity index (χ2v) is 6.46. The highest BCUT2D eigenvalue weighted by molar-refractivity contribution is 7.89. The summed E-state index contributed by atoms with van der Waals surface area (Å²) in [5, 5.41) is 17.8. The van der Waals surface area contributed by atoms with Gasteiger partial charge in [-0.15, -0.1) is 0 Å². The maximum absolute atomic E-state index is 12.4. The summed E-state index contributed by atoms with van der Waals surface area (Å²) in [6.45, 7) is 0.305. The first-order valence-electron chi connectivity index (χ1n) is 6.18. The first-order chi connectivity index (χ1) is 9.09. The highest BCUT2D eigenvalue weighted by Gasteiger charge is 2.34. The highest BCUT2D eigenvalue weighted by atomic mass is 32.2. The fraction of sp³-hybridized carbons (Fsp3) is 0.462. The Kier molecular flexibility index (Phi) is 4.20. The Morgan fingerprint density at radius 2 is 2.05 bits per heavy atom. The Bertz CT molecular complexity index is 575. The van der Waals surface area contributed by atoms with E-state index in [4.69, 9.17) is 5.26 Å². The van der Waals surface area contributed by atoms with Gasteiger partial charge in [0.25, 0.3) is 0 Å². The molecule has 0 amide bonds. The van der Waals surface area contributed by atoms with Gasteiger partial charge in [-0.05, 0) is 30.5 Å². The molecule has 0 saturated carbocycles. The van der Waals surface area contributed by atoms with Crippen LogP contribution in [0.4, 0.5) is 0 Å². The second kappa shape index (κ2) is 5.70. The van der Waals surface area contributed by atoms with Crippen molar-refractivity contribution in [2.45, 2.75) is 30.2 Å². The van der Waals surface area contributed by atoms with E-state index in [0.717, 1.165) is 12.0 Å². The smallest absolute Gasteiger partial charge is 0.243 e. The Labute approximate surface area is 113 Å². The fourth-order valence-corrected chi connectivity index (χ4v) is 4.00. The van der Waals surface area contributed by atoms with E-state index in [9.17, 15) is 13.5 Å². The van der Waals surface area contributed by atoms with E-state index < -0.39 is 10.0 Å². The summed E-state index contributed by atoms with van der Waals surface area (Å²) in [7, 11) is -3.54. The van der Waals surface area contributed by atoms with Gasteiger partial charge in [0, 0.05) is 12.6 Å². The van der Waals surface area contributed by atoms with Crippen molar-refractivity contribution >= 4 is 10.0 Å². The number of hydrogen-bond acceptors (Lipinski definition) is 4. The highest BCUT2D eigenvalue weighted by Crippen LogP contribution is 2.25. The van der Waals surface area contributed by atoms with Crippen LogP contribution in [-0.2, 0) is 16.4 Å². The quantitative estimate of drug-likeness (QED) is 0.888. The average molecular weight is 280 g/mol. The molecule has 6 heteroatoms. The number of nitriles is 1. The minimum absolute atomic E-state index is 0.147. The molecule has 1 fully saturated rings. The van der Waals surface area contributed by atoms with E-state index in [-0.39, 0.29) is 24.0 Å². The van der Waals surface area contributed by atoms with Crippen molar-refractivity contribution in [2.75, 3.05) is 13.2 Å². The lowest BCUT2D eigenvalue weighted by Gasteiger charge is -2.22. The Morgan fingerprint density at radius 3 is 2.63 bits per heavy atom. The molecule has 1 aromatic carbocycles. The minimum Gasteiger partial charge on any atom is -0.395 e. The van der Waals surface area contributed by atoms with E-state index in [1.807, 2.05) is 6.07 Å². The fourth-order valence-electron chi connectivity index (χ4n) is 2.31. The summed E-state index contributed by atoms with van der Waals surface area (Å²) in [6.07, 6.45) is 1.74. The molecule has 1 aliphatic rings. The molecule has 1 heterocycles. The third-order valence-corrected chi connectivity index (χ3v) is 5.31. The van der Waals surface area contributed by atoms with Gasteiger partial charge in [0.15, 0.2) is 0 Å². The maximum atomic E-state index is 12.4. The SMILES string of the molecule is N#CCc1ccc(S(=O)(=O)N2CCCC2CO)cc1. The van der Waals surface area contributed by atoms with E-state index in [1.165, 1.54) is 16.4 Å². The second-order valence-electron chi connectivity index (χ2n) is 4.57. The molecule has 2 rings (SSSR count). The summed E-state index contributed by atoms with van der Waals surface area (Å²) >= 11 is 0.